The SMILES string of the molecule is CCCC[C@H](NC(=O)[C@H](CCCN=C(N)N)NC(=O)[C@@H](N)CS)C(=O)N[C@@H](Cc1ccc(O)cc1)C(=O)N[C@@H](Cc1ccccc1)C(=O)N1CCC[C@H]1C(=O)NC(C)(C)C(=O)N[C@H](C(=O)N[C@@H](CC(C)C)C(=O)N[C@@H](CS)C(=O)O)[C@@H](C)CC. The molecule has 1 fully saturated rings. The Balaban J connectivity index is 1.95. The van der Waals surface area contributed by atoms with Crippen molar-refractivity contribution in [3.63, 3.8) is 0 Å². The Labute approximate surface area is 502 Å². The van der Waals surface area contributed by atoms with Crippen molar-refractivity contribution in [2.24, 2.45) is 34.0 Å². The number of guanidine groups is 1. The van der Waals surface area contributed by atoms with E-state index in [0.29, 0.717) is 36.8 Å². The molecule has 84 heavy (non-hydrogen) atoms. The van der Waals surface area contributed by atoms with Crippen molar-refractivity contribution in [1.82, 2.24) is 47.4 Å². The molecule has 2 aromatic rings. The van der Waals surface area contributed by atoms with E-state index in [1.165, 1.54) is 30.9 Å². The maximum absolute atomic E-state index is 15.0. The predicted molar refractivity (Wildman–Crippen MR) is 324 cm³/mol. The number of nitrogens with two attached hydrogens (primary N) is 3. The lowest BCUT2D eigenvalue weighted by atomic mass is 9.95. The van der Waals surface area contributed by atoms with Crippen LogP contribution in [0.5, 0.6) is 5.75 Å². The van der Waals surface area contributed by atoms with Gasteiger partial charge in [0, 0.05) is 37.4 Å². The Morgan fingerprint density at radius 1 is 0.679 bits per heavy atom. The van der Waals surface area contributed by atoms with Gasteiger partial charge in [0.05, 0.1) is 6.04 Å². The summed E-state index contributed by atoms with van der Waals surface area (Å²) in [5, 5.41) is 41.2. The summed E-state index contributed by atoms with van der Waals surface area (Å²) in [5.74, 6) is -8.79. The fourth-order valence-electron chi connectivity index (χ4n) is 9.15. The van der Waals surface area contributed by atoms with E-state index in [2.05, 4.69) is 72.8 Å². The van der Waals surface area contributed by atoms with Crippen LogP contribution >= 0.6 is 25.3 Å². The highest BCUT2D eigenvalue weighted by Gasteiger charge is 2.43. The second-order valence-corrected chi connectivity index (χ2v) is 22.8. The first-order chi connectivity index (χ1) is 39.7. The summed E-state index contributed by atoms with van der Waals surface area (Å²) in [6, 6.07) is 3.75. The molecule has 10 atom stereocenters. The minimum Gasteiger partial charge on any atom is -0.508 e. The number of nitrogens with zero attached hydrogens (tertiary/aromatic N) is 2. The Bertz CT molecular complexity index is 2570. The molecule has 27 heteroatoms. The molecule has 0 unspecified atom stereocenters. The standard InChI is InChI=1S/C57H89N13O12S2/c1-8-10-18-38(63-47(73)39(19-14-25-61-56(59)60)62-46(72)37(58)30-83)48(74)64-41(28-35-21-23-36(71)24-22-35)50(76)66-42(29-34-16-12-11-13-17-34)53(79)70-26-15-20-44(70)51(77)69-57(6,7)55(82)68-45(33(5)9-2)52(78)65-40(27-32(3)4)49(75)67-43(31-84)54(80)81/h11-13,16-17,21-24,32-33,37-45,71,83-84H,8-10,14-15,18-20,25-31,58H2,1-7H3,(H,62,72)(H,63,73)(H,64,74)(H,65,78)(H,66,76)(H,67,75)(H,68,82)(H,69,77)(H,80,81)(H4,59,60,61)/t33-,37-,38-,39-,40-,41-,42-,43-,44-,45-/m0/s1. The highest BCUT2D eigenvalue weighted by Crippen LogP contribution is 2.22. The van der Waals surface area contributed by atoms with Gasteiger partial charge in [-0.1, -0.05) is 96.3 Å². The highest BCUT2D eigenvalue weighted by molar-refractivity contribution is 7.80. The van der Waals surface area contributed by atoms with Gasteiger partial charge in [-0.05, 0) is 87.5 Å². The van der Waals surface area contributed by atoms with Gasteiger partial charge in [-0.3, -0.25) is 48.1 Å². The summed E-state index contributed by atoms with van der Waals surface area (Å²) in [4.78, 5) is 144. The molecule has 1 heterocycles. The molecule has 16 N–H and O–H groups in total. The van der Waals surface area contributed by atoms with Crippen LogP contribution in [0.15, 0.2) is 59.6 Å². The quantitative estimate of drug-likeness (QED) is 0.0188. The number of nitrogens with one attached hydrogen (secondary N) is 8. The number of carboxylic acids is 1. The van der Waals surface area contributed by atoms with Crippen molar-refractivity contribution in [2.45, 2.75) is 179 Å². The highest BCUT2D eigenvalue weighted by atomic mass is 32.1. The largest absolute Gasteiger partial charge is 0.508 e. The van der Waals surface area contributed by atoms with Crippen molar-refractivity contribution >= 4 is 90.4 Å². The number of phenols is 1. The topological polar surface area (TPSA) is 401 Å². The number of rotatable bonds is 35. The molecule has 3 rings (SSSR count). The normalized spacial score (nSPS) is 16.4. The second-order valence-electron chi connectivity index (χ2n) is 22.1. The second kappa shape index (κ2) is 35.2. The van der Waals surface area contributed by atoms with Gasteiger partial charge in [-0.2, -0.15) is 25.3 Å². The number of aliphatic carboxylic acids is 1. The van der Waals surface area contributed by atoms with E-state index in [0.717, 1.165) is 0 Å². The number of hydrogen-bond acceptors (Lipinski definition) is 15. The summed E-state index contributed by atoms with van der Waals surface area (Å²) < 4.78 is 0. The first kappa shape index (κ1) is 71.1. The van der Waals surface area contributed by atoms with Gasteiger partial charge in [0.1, 0.15) is 59.6 Å². The van der Waals surface area contributed by atoms with Crippen LogP contribution in [0.25, 0.3) is 0 Å². The van der Waals surface area contributed by atoms with E-state index in [1.807, 2.05) is 20.8 Å². The third kappa shape index (κ3) is 23.1. The van der Waals surface area contributed by atoms with Crippen LogP contribution in [0.4, 0.5) is 0 Å². The molecule has 9 amide bonds. The van der Waals surface area contributed by atoms with Crippen molar-refractivity contribution in [2.75, 3.05) is 24.6 Å². The number of unbranched alkanes of at least 4 members (excludes halogenated alkanes) is 1. The smallest absolute Gasteiger partial charge is 0.327 e. The number of carbonyl (C=O) groups is 10. The van der Waals surface area contributed by atoms with Crippen LogP contribution in [-0.4, -0.2) is 165 Å². The molecule has 0 aliphatic carbocycles. The Hall–Kier alpha value is -7.13. The number of carboxylic acid groups (broad SMARTS) is 1. The molecule has 1 saturated heterocycles. The van der Waals surface area contributed by atoms with Gasteiger partial charge < -0.3 is 74.8 Å². The van der Waals surface area contributed by atoms with E-state index < -0.39 is 125 Å². The van der Waals surface area contributed by atoms with Crippen LogP contribution in [0.1, 0.15) is 117 Å². The zero-order chi connectivity index (χ0) is 62.8. The van der Waals surface area contributed by atoms with Gasteiger partial charge >= 0.3 is 5.97 Å². The van der Waals surface area contributed by atoms with Gasteiger partial charge in [0.15, 0.2) is 5.96 Å². The molecule has 2 aromatic carbocycles. The van der Waals surface area contributed by atoms with Crippen LogP contribution in [0, 0.1) is 11.8 Å². The number of benzene rings is 2. The minimum atomic E-state index is -1.69. The molecule has 1 aliphatic rings. The van der Waals surface area contributed by atoms with E-state index in [4.69, 9.17) is 17.2 Å². The van der Waals surface area contributed by atoms with Crippen molar-refractivity contribution < 1.29 is 58.2 Å². The fourth-order valence-corrected chi connectivity index (χ4v) is 9.57. The summed E-state index contributed by atoms with van der Waals surface area (Å²) in [7, 11) is 0. The molecule has 466 valence electrons. The van der Waals surface area contributed by atoms with Crippen LogP contribution < -0.4 is 59.7 Å². The van der Waals surface area contributed by atoms with Gasteiger partial charge in [-0.15, -0.1) is 0 Å². The maximum atomic E-state index is 15.0. The molecule has 0 aromatic heterocycles. The molecule has 1 aliphatic heterocycles. The van der Waals surface area contributed by atoms with Gasteiger partial charge in [-0.25, -0.2) is 4.79 Å². The number of carbonyl (C=O) groups excluding carboxylic acids is 9. The summed E-state index contributed by atoms with van der Waals surface area (Å²) in [6.45, 7) is 12.1. The maximum Gasteiger partial charge on any atom is 0.327 e. The first-order valence-electron chi connectivity index (χ1n) is 28.5. The fraction of sp³-hybridized carbons (Fsp3) is 0.596. The monoisotopic (exact) mass is 1210 g/mol. The third-order valence-electron chi connectivity index (χ3n) is 14.3. The molecule has 25 nitrogen and oxygen atoms in total. The van der Waals surface area contributed by atoms with Crippen molar-refractivity contribution in [1.29, 1.82) is 0 Å². The van der Waals surface area contributed by atoms with Crippen molar-refractivity contribution in [3.05, 3.63) is 65.7 Å². The molecular formula is C57H89N13O12S2. The number of aromatic hydroxyl groups is 1. The lowest BCUT2D eigenvalue weighted by molar-refractivity contribution is -0.143. The van der Waals surface area contributed by atoms with E-state index >= 15 is 0 Å². The Morgan fingerprint density at radius 3 is 1.76 bits per heavy atom. The average molecular weight is 1210 g/mol. The number of aliphatic imine (C=N–C) groups is 1. The van der Waals surface area contributed by atoms with Crippen molar-refractivity contribution in [3.8, 4) is 5.75 Å². The third-order valence-corrected chi connectivity index (χ3v) is 15.0. The van der Waals surface area contributed by atoms with E-state index in [1.54, 1.807) is 56.3 Å². The summed E-state index contributed by atoms with van der Waals surface area (Å²) in [6.07, 6.45) is 2.44. The minimum absolute atomic E-state index is 0.0148. The molecular weight excluding hydrogens is 1120 g/mol. The van der Waals surface area contributed by atoms with Gasteiger partial charge in [0.25, 0.3) is 0 Å². The number of likely N-dealkylation sites (tertiary alicyclic amines) is 1. The number of amides is 9. The Kier molecular flexibility index (Phi) is 29.8. The van der Waals surface area contributed by atoms with E-state index in [9.17, 15) is 58.2 Å². The van der Waals surface area contributed by atoms with Crippen LogP contribution in [0.2, 0.25) is 0 Å². The molecule has 0 bridgehead atoms. The van der Waals surface area contributed by atoms with E-state index in [-0.39, 0.29) is 87.2 Å². The zero-order valence-electron chi connectivity index (χ0n) is 49.2. The lowest BCUT2D eigenvalue weighted by Crippen LogP contribution is -2.64. The number of phenolic OH excluding ortho intramolecular Hbond substituents is 1. The average Bonchev–Trinajstić information content (AvgIpc) is 4.18. The van der Waals surface area contributed by atoms with Crippen LogP contribution in [-0.2, 0) is 60.8 Å². The molecule has 0 saturated carbocycles. The zero-order valence-corrected chi connectivity index (χ0v) is 50.9. The number of hydrogen-bond donors (Lipinski definition) is 15. The molecule has 0 spiro atoms. The number of thiol groups is 2. The molecule has 0 radical (unpaired) electrons. The van der Waals surface area contributed by atoms with Crippen LogP contribution in [0.3, 0.4) is 0 Å². The Morgan fingerprint density at radius 2 is 1.20 bits per heavy atom. The summed E-state index contributed by atoms with van der Waals surface area (Å²) in [5.41, 5.74) is 16.3. The van der Waals surface area contributed by atoms with Gasteiger partial charge in [0.2, 0.25) is 53.2 Å². The lowest BCUT2D eigenvalue weighted by Gasteiger charge is -2.34. The first-order valence-corrected chi connectivity index (χ1v) is 29.8. The predicted octanol–water partition coefficient (Wildman–Crippen LogP) is 0.0643. The summed E-state index contributed by atoms with van der Waals surface area (Å²) >= 11 is 8.12.